The largest absolute Gasteiger partial charge is 0.385 e. The maximum absolute atomic E-state index is 5.97. The van der Waals surface area contributed by atoms with Gasteiger partial charge in [0, 0.05) is 33.9 Å². The van der Waals surface area contributed by atoms with Gasteiger partial charge in [0.25, 0.3) is 0 Å². The van der Waals surface area contributed by atoms with Crippen LogP contribution in [0.2, 0.25) is 0 Å². The van der Waals surface area contributed by atoms with Crippen molar-refractivity contribution in [2.75, 3.05) is 47.0 Å². The zero-order valence-electron chi connectivity index (χ0n) is 14.2. The van der Waals surface area contributed by atoms with E-state index in [1.165, 1.54) is 11.1 Å². The van der Waals surface area contributed by atoms with Crippen LogP contribution in [0.1, 0.15) is 23.7 Å². The van der Waals surface area contributed by atoms with Gasteiger partial charge in [-0.1, -0.05) is 24.3 Å². The molecule has 0 aromatic heterocycles. The van der Waals surface area contributed by atoms with Crippen LogP contribution in [0.15, 0.2) is 29.3 Å². The first-order valence-electron chi connectivity index (χ1n) is 7.88. The Bertz CT molecular complexity index is 496. The molecule has 1 aliphatic heterocycles. The Balaban J connectivity index is 0.00000264. The van der Waals surface area contributed by atoms with Gasteiger partial charge < -0.3 is 19.7 Å². The fraction of sp³-hybridized carbons (Fsp3) is 0.588. The van der Waals surface area contributed by atoms with Crippen molar-refractivity contribution in [3.05, 3.63) is 35.4 Å². The van der Waals surface area contributed by atoms with E-state index in [0.717, 1.165) is 45.2 Å². The normalized spacial score (nSPS) is 18.5. The predicted octanol–water partition coefficient (Wildman–Crippen LogP) is 2.60. The number of halogens is 1. The number of aliphatic imine (C=N–C) groups is 1. The van der Waals surface area contributed by atoms with E-state index in [1.807, 2.05) is 7.05 Å². The summed E-state index contributed by atoms with van der Waals surface area (Å²) in [6.07, 6.45) is 1.08. The summed E-state index contributed by atoms with van der Waals surface area (Å²) in [5.41, 5.74) is 2.54. The monoisotopic (exact) mass is 433 g/mol. The number of morpholine rings is 1. The number of aryl methyl sites for hydroxylation is 1. The third-order valence-electron chi connectivity index (χ3n) is 3.92. The van der Waals surface area contributed by atoms with Gasteiger partial charge in [0.2, 0.25) is 0 Å². The Labute approximate surface area is 156 Å². The molecule has 5 nitrogen and oxygen atoms in total. The van der Waals surface area contributed by atoms with E-state index in [0.29, 0.717) is 0 Å². The third kappa shape index (κ3) is 5.93. The summed E-state index contributed by atoms with van der Waals surface area (Å²) in [7, 11) is 3.56. The molecule has 23 heavy (non-hydrogen) atoms. The average molecular weight is 433 g/mol. The number of methoxy groups -OCH3 is 1. The van der Waals surface area contributed by atoms with Crippen molar-refractivity contribution in [1.82, 2.24) is 10.2 Å². The standard InChI is InChI=1S/C17H27N3O2.HI/c1-14-7-4-5-8-15(14)16-13-20(10-12-22-16)17(18-2)19-9-6-11-21-3;/h4-5,7-8,16H,6,9-13H2,1-3H3,(H,18,19);1H. The van der Waals surface area contributed by atoms with Crippen LogP contribution in [-0.2, 0) is 9.47 Å². The lowest BCUT2D eigenvalue weighted by molar-refractivity contribution is -0.00833. The molecule has 0 bridgehead atoms. The van der Waals surface area contributed by atoms with Gasteiger partial charge in [-0.3, -0.25) is 4.99 Å². The lowest BCUT2D eigenvalue weighted by atomic mass is 10.0. The molecule has 1 heterocycles. The van der Waals surface area contributed by atoms with Crippen LogP contribution in [0.4, 0.5) is 0 Å². The molecule has 6 heteroatoms. The van der Waals surface area contributed by atoms with Crippen LogP contribution < -0.4 is 5.32 Å². The number of hydrogen-bond donors (Lipinski definition) is 1. The summed E-state index contributed by atoms with van der Waals surface area (Å²) in [4.78, 5) is 6.67. The molecule has 1 aliphatic rings. The molecule has 1 aromatic carbocycles. The SMILES string of the molecule is CN=C(NCCCOC)N1CCOC(c2ccccc2C)C1.I. The van der Waals surface area contributed by atoms with Gasteiger partial charge in [0.05, 0.1) is 13.2 Å². The topological polar surface area (TPSA) is 46.1 Å². The second kappa shape index (κ2) is 10.8. The summed E-state index contributed by atoms with van der Waals surface area (Å²) < 4.78 is 11.0. The van der Waals surface area contributed by atoms with E-state index in [-0.39, 0.29) is 30.1 Å². The van der Waals surface area contributed by atoms with Crippen molar-refractivity contribution >= 4 is 29.9 Å². The average Bonchev–Trinajstić information content (AvgIpc) is 2.55. The molecule has 1 aromatic rings. The fourth-order valence-corrected chi connectivity index (χ4v) is 2.73. The van der Waals surface area contributed by atoms with Crippen molar-refractivity contribution < 1.29 is 9.47 Å². The highest BCUT2D eigenvalue weighted by molar-refractivity contribution is 14.0. The lowest BCUT2D eigenvalue weighted by Crippen LogP contribution is -2.48. The van der Waals surface area contributed by atoms with Gasteiger partial charge in [-0.15, -0.1) is 24.0 Å². The molecule has 0 amide bonds. The Hall–Kier alpha value is -0.860. The number of nitrogens with zero attached hydrogens (tertiary/aromatic N) is 2. The molecule has 1 N–H and O–H groups in total. The first-order chi connectivity index (χ1) is 10.8. The van der Waals surface area contributed by atoms with Gasteiger partial charge in [-0.2, -0.15) is 0 Å². The van der Waals surface area contributed by atoms with Gasteiger partial charge in [0.1, 0.15) is 6.10 Å². The van der Waals surface area contributed by atoms with Gasteiger partial charge >= 0.3 is 0 Å². The second-order valence-corrected chi connectivity index (χ2v) is 5.48. The second-order valence-electron chi connectivity index (χ2n) is 5.48. The maximum Gasteiger partial charge on any atom is 0.193 e. The van der Waals surface area contributed by atoms with Crippen LogP contribution in [0.5, 0.6) is 0 Å². The van der Waals surface area contributed by atoms with Crippen LogP contribution in [-0.4, -0.2) is 57.9 Å². The van der Waals surface area contributed by atoms with E-state index >= 15 is 0 Å². The van der Waals surface area contributed by atoms with E-state index in [2.05, 4.69) is 46.4 Å². The lowest BCUT2D eigenvalue weighted by Gasteiger charge is -2.35. The Morgan fingerprint density at radius 3 is 2.91 bits per heavy atom. The summed E-state index contributed by atoms with van der Waals surface area (Å²) in [5.74, 6) is 0.943. The van der Waals surface area contributed by atoms with Crippen molar-refractivity contribution in [2.45, 2.75) is 19.4 Å². The maximum atomic E-state index is 5.97. The number of nitrogens with one attached hydrogen (secondary N) is 1. The van der Waals surface area contributed by atoms with Crippen LogP contribution in [0.3, 0.4) is 0 Å². The van der Waals surface area contributed by atoms with Crippen LogP contribution in [0.25, 0.3) is 0 Å². The number of ether oxygens (including phenoxy) is 2. The molecule has 0 spiro atoms. The molecule has 1 unspecified atom stereocenters. The minimum Gasteiger partial charge on any atom is -0.385 e. The van der Waals surface area contributed by atoms with Crippen molar-refractivity contribution in [2.24, 2.45) is 4.99 Å². The Morgan fingerprint density at radius 1 is 1.43 bits per heavy atom. The van der Waals surface area contributed by atoms with Crippen LogP contribution >= 0.6 is 24.0 Å². The minimum absolute atomic E-state index is 0. The molecule has 0 radical (unpaired) electrons. The molecule has 1 saturated heterocycles. The quantitative estimate of drug-likeness (QED) is 0.336. The Morgan fingerprint density at radius 2 is 2.22 bits per heavy atom. The zero-order chi connectivity index (χ0) is 15.8. The van der Waals surface area contributed by atoms with Crippen molar-refractivity contribution in [3.63, 3.8) is 0 Å². The van der Waals surface area contributed by atoms with E-state index < -0.39 is 0 Å². The molecule has 1 fully saturated rings. The highest BCUT2D eigenvalue weighted by atomic mass is 127. The molecule has 2 rings (SSSR count). The van der Waals surface area contributed by atoms with E-state index in [1.54, 1.807) is 7.11 Å². The molecule has 0 saturated carbocycles. The first kappa shape index (κ1) is 20.2. The van der Waals surface area contributed by atoms with Crippen molar-refractivity contribution in [3.8, 4) is 0 Å². The number of rotatable bonds is 5. The number of guanidine groups is 1. The molecule has 0 aliphatic carbocycles. The van der Waals surface area contributed by atoms with E-state index in [4.69, 9.17) is 9.47 Å². The highest BCUT2D eigenvalue weighted by Crippen LogP contribution is 2.24. The molecular weight excluding hydrogens is 405 g/mol. The van der Waals surface area contributed by atoms with Gasteiger partial charge in [-0.05, 0) is 24.5 Å². The first-order valence-corrected chi connectivity index (χ1v) is 7.88. The zero-order valence-corrected chi connectivity index (χ0v) is 16.6. The third-order valence-corrected chi connectivity index (χ3v) is 3.92. The molecular formula is C17H28IN3O2. The van der Waals surface area contributed by atoms with Gasteiger partial charge in [0.15, 0.2) is 5.96 Å². The van der Waals surface area contributed by atoms with Gasteiger partial charge in [-0.25, -0.2) is 0 Å². The highest BCUT2D eigenvalue weighted by Gasteiger charge is 2.24. The number of benzene rings is 1. The summed E-state index contributed by atoms with van der Waals surface area (Å²) in [6, 6.07) is 8.42. The van der Waals surface area contributed by atoms with Crippen molar-refractivity contribution in [1.29, 1.82) is 0 Å². The molecule has 1 atom stereocenters. The Kier molecular flexibility index (Phi) is 9.50. The number of hydrogen-bond acceptors (Lipinski definition) is 3. The predicted molar refractivity (Wildman–Crippen MR) is 105 cm³/mol. The fourth-order valence-electron chi connectivity index (χ4n) is 2.73. The smallest absolute Gasteiger partial charge is 0.193 e. The van der Waals surface area contributed by atoms with Crippen LogP contribution in [0, 0.1) is 6.92 Å². The minimum atomic E-state index is 0. The summed E-state index contributed by atoms with van der Waals surface area (Å²) in [6.45, 7) is 6.18. The van der Waals surface area contributed by atoms with E-state index in [9.17, 15) is 0 Å². The summed E-state index contributed by atoms with van der Waals surface area (Å²) in [5, 5.41) is 3.40. The molecule has 130 valence electrons. The summed E-state index contributed by atoms with van der Waals surface area (Å²) >= 11 is 0.